The van der Waals surface area contributed by atoms with Gasteiger partial charge in [0, 0.05) is 25.1 Å². The number of fused-ring (bicyclic) bond motifs is 2. The Morgan fingerprint density at radius 3 is 2.59 bits per heavy atom. The largest absolute Gasteiger partial charge is 0.379 e. The van der Waals surface area contributed by atoms with Gasteiger partial charge in [0.2, 0.25) is 15.9 Å². The van der Waals surface area contributed by atoms with Gasteiger partial charge >= 0.3 is 0 Å². The number of sulfonamides is 1. The fourth-order valence-corrected chi connectivity index (χ4v) is 6.30. The average Bonchev–Trinajstić information content (AvgIpc) is 3.36. The number of nitrogens with one attached hydrogen (secondary N) is 2. The van der Waals surface area contributed by atoms with Crippen LogP contribution in [0.3, 0.4) is 0 Å². The lowest BCUT2D eigenvalue weighted by Crippen LogP contribution is -2.43. The molecule has 0 aromatic heterocycles. The van der Waals surface area contributed by atoms with Crippen molar-refractivity contribution in [1.82, 2.24) is 15.2 Å². The van der Waals surface area contributed by atoms with Gasteiger partial charge in [0.15, 0.2) is 0 Å². The van der Waals surface area contributed by atoms with E-state index in [1.807, 2.05) is 0 Å². The summed E-state index contributed by atoms with van der Waals surface area (Å²) in [5.41, 5.74) is 5.06. The number of hydrogen-bond acceptors (Lipinski definition) is 5. The molecule has 0 spiro atoms. The van der Waals surface area contributed by atoms with Crippen LogP contribution in [-0.2, 0) is 19.6 Å². The monoisotopic (exact) mass is 421 g/mol. The Kier molecular flexibility index (Phi) is 5.89. The van der Waals surface area contributed by atoms with Gasteiger partial charge in [-0.05, 0) is 55.2 Å². The molecule has 3 atom stereocenters. The molecule has 0 radical (unpaired) electrons. The highest BCUT2D eigenvalue weighted by Crippen LogP contribution is 2.49. The molecule has 1 aliphatic heterocycles. The van der Waals surface area contributed by atoms with Gasteiger partial charge in [0.05, 0.1) is 18.1 Å². The summed E-state index contributed by atoms with van der Waals surface area (Å²) < 4.78 is 32.1. The smallest absolute Gasteiger partial charge is 0.269 e. The molecule has 2 bridgehead atoms. The molecule has 158 valence electrons. The summed E-state index contributed by atoms with van der Waals surface area (Å²) >= 11 is 0. The molecule has 1 aromatic rings. The minimum atomic E-state index is -3.68. The number of ether oxygens (including phenoxy) is 1. The van der Waals surface area contributed by atoms with E-state index in [1.54, 1.807) is 0 Å². The van der Waals surface area contributed by atoms with Gasteiger partial charge in [-0.25, -0.2) is 8.42 Å². The highest BCUT2D eigenvalue weighted by atomic mass is 32.2. The van der Waals surface area contributed by atoms with Gasteiger partial charge in [-0.2, -0.15) is 4.31 Å². The van der Waals surface area contributed by atoms with Crippen LogP contribution in [0.5, 0.6) is 0 Å². The van der Waals surface area contributed by atoms with Gasteiger partial charge in [0.25, 0.3) is 5.91 Å². The molecule has 3 fully saturated rings. The van der Waals surface area contributed by atoms with Gasteiger partial charge in [-0.1, -0.05) is 12.5 Å². The Bertz CT molecular complexity index is 882. The van der Waals surface area contributed by atoms with Crippen molar-refractivity contribution in [1.29, 1.82) is 0 Å². The van der Waals surface area contributed by atoms with E-state index in [2.05, 4.69) is 10.9 Å². The minimum absolute atomic E-state index is 0.0559. The first kappa shape index (κ1) is 20.3. The van der Waals surface area contributed by atoms with Crippen molar-refractivity contribution in [2.45, 2.75) is 37.0 Å². The molecule has 1 heterocycles. The number of rotatable bonds is 5. The number of morpholine rings is 1. The maximum absolute atomic E-state index is 12.8. The quantitative estimate of drug-likeness (QED) is 0.697. The molecule has 3 unspecified atom stereocenters. The zero-order valence-corrected chi connectivity index (χ0v) is 17.1. The van der Waals surface area contributed by atoms with Crippen LogP contribution in [-0.4, -0.2) is 50.8 Å². The molecular formula is C20H27N3O5S. The molecular weight excluding hydrogens is 394 g/mol. The number of hydrogen-bond donors (Lipinski definition) is 2. The van der Waals surface area contributed by atoms with Crippen molar-refractivity contribution in [3.63, 3.8) is 0 Å². The van der Waals surface area contributed by atoms with E-state index in [-0.39, 0.29) is 29.5 Å². The van der Waals surface area contributed by atoms with E-state index < -0.39 is 15.9 Å². The standard InChI is InChI=1S/C20H27N3O5S/c24-19(13-17-11-14-4-5-15(17)10-14)21-22-20(25)16-2-1-3-18(12-16)29(26,27)23-6-8-28-9-7-23/h1-3,12,14-15,17H,4-11,13H2,(H,21,24)(H,22,25). The van der Waals surface area contributed by atoms with E-state index in [1.165, 1.54) is 47.8 Å². The Hall–Kier alpha value is -1.97. The van der Waals surface area contributed by atoms with Crippen molar-refractivity contribution in [2.24, 2.45) is 17.8 Å². The molecule has 4 rings (SSSR count). The normalized spacial score (nSPS) is 27.0. The lowest BCUT2D eigenvalue weighted by atomic mass is 9.86. The topological polar surface area (TPSA) is 105 Å². The molecule has 9 heteroatoms. The number of hydrazine groups is 1. The van der Waals surface area contributed by atoms with E-state index in [9.17, 15) is 18.0 Å². The first-order valence-electron chi connectivity index (χ1n) is 10.2. The molecule has 8 nitrogen and oxygen atoms in total. The lowest BCUT2D eigenvalue weighted by Gasteiger charge is -2.26. The molecule has 2 N–H and O–H groups in total. The Balaban J connectivity index is 1.34. The predicted octanol–water partition coefficient (Wildman–Crippen LogP) is 1.29. The number of amides is 2. The van der Waals surface area contributed by atoms with Crippen LogP contribution >= 0.6 is 0 Å². The van der Waals surface area contributed by atoms with Crippen LogP contribution < -0.4 is 10.9 Å². The highest BCUT2D eigenvalue weighted by molar-refractivity contribution is 7.89. The van der Waals surface area contributed by atoms with Gasteiger partial charge in [0.1, 0.15) is 0 Å². The van der Waals surface area contributed by atoms with Crippen molar-refractivity contribution in [2.75, 3.05) is 26.3 Å². The van der Waals surface area contributed by atoms with Crippen molar-refractivity contribution in [3.8, 4) is 0 Å². The Labute approximate surface area is 171 Å². The first-order valence-corrected chi connectivity index (χ1v) is 11.6. The van der Waals surface area contributed by atoms with Crippen molar-refractivity contribution < 1.29 is 22.7 Å². The molecule has 2 aliphatic carbocycles. The minimum Gasteiger partial charge on any atom is -0.379 e. The van der Waals surface area contributed by atoms with Crippen LogP contribution in [0.1, 0.15) is 42.5 Å². The summed E-state index contributed by atoms with van der Waals surface area (Å²) in [6.07, 6.45) is 5.25. The maximum Gasteiger partial charge on any atom is 0.269 e. The highest BCUT2D eigenvalue weighted by Gasteiger charge is 2.40. The summed E-state index contributed by atoms with van der Waals surface area (Å²) in [6.45, 7) is 1.29. The van der Waals surface area contributed by atoms with E-state index in [4.69, 9.17) is 4.74 Å². The number of carbonyl (C=O) groups is 2. The second-order valence-corrected chi connectivity index (χ2v) is 10.1. The third-order valence-electron chi connectivity index (χ3n) is 6.35. The van der Waals surface area contributed by atoms with Crippen molar-refractivity contribution >= 4 is 21.8 Å². The van der Waals surface area contributed by atoms with Crippen LogP contribution in [0.2, 0.25) is 0 Å². The zero-order chi connectivity index (χ0) is 20.4. The number of carbonyl (C=O) groups excluding carboxylic acids is 2. The fraction of sp³-hybridized carbons (Fsp3) is 0.600. The van der Waals surface area contributed by atoms with E-state index in [0.29, 0.717) is 31.5 Å². The number of benzene rings is 1. The molecule has 2 saturated carbocycles. The Morgan fingerprint density at radius 1 is 1.10 bits per heavy atom. The maximum atomic E-state index is 12.8. The van der Waals surface area contributed by atoms with Crippen LogP contribution in [0.4, 0.5) is 0 Å². The van der Waals surface area contributed by atoms with Gasteiger partial charge in [-0.15, -0.1) is 0 Å². The summed E-state index contributed by atoms with van der Waals surface area (Å²) in [5, 5.41) is 0. The third kappa shape index (κ3) is 4.46. The average molecular weight is 422 g/mol. The van der Waals surface area contributed by atoms with Crippen LogP contribution in [0, 0.1) is 17.8 Å². The Morgan fingerprint density at radius 2 is 1.90 bits per heavy atom. The summed E-state index contributed by atoms with van der Waals surface area (Å²) in [5.74, 6) is 1.08. The first-order chi connectivity index (χ1) is 13.9. The fourth-order valence-electron chi connectivity index (χ4n) is 4.85. The van der Waals surface area contributed by atoms with Gasteiger partial charge in [-0.3, -0.25) is 20.4 Å². The van der Waals surface area contributed by atoms with E-state index in [0.717, 1.165) is 12.3 Å². The van der Waals surface area contributed by atoms with Crippen molar-refractivity contribution in [3.05, 3.63) is 29.8 Å². The van der Waals surface area contributed by atoms with Crippen LogP contribution in [0.15, 0.2) is 29.2 Å². The second-order valence-electron chi connectivity index (χ2n) is 8.19. The molecule has 29 heavy (non-hydrogen) atoms. The van der Waals surface area contributed by atoms with Crippen LogP contribution in [0.25, 0.3) is 0 Å². The second kappa shape index (κ2) is 8.41. The predicted molar refractivity (Wildman–Crippen MR) is 105 cm³/mol. The third-order valence-corrected chi connectivity index (χ3v) is 8.25. The summed E-state index contributed by atoms with van der Waals surface area (Å²) in [6, 6.07) is 5.85. The molecule has 1 aromatic carbocycles. The number of nitrogens with zero attached hydrogens (tertiary/aromatic N) is 1. The summed E-state index contributed by atoms with van der Waals surface area (Å²) in [7, 11) is -3.68. The molecule has 3 aliphatic rings. The van der Waals surface area contributed by atoms with Gasteiger partial charge < -0.3 is 4.74 Å². The summed E-state index contributed by atoms with van der Waals surface area (Å²) in [4.78, 5) is 24.7. The SMILES string of the molecule is O=C(CC1CC2CCC1C2)NNC(=O)c1cccc(S(=O)(=O)N2CCOCC2)c1. The van der Waals surface area contributed by atoms with E-state index >= 15 is 0 Å². The zero-order valence-electron chi connectivity index (χ0n) is 16.3. The molecule has 2 amide bonds. The molecule has 1 saturated heterocycles. The lowest BCUT2D eigenvalue weighted by molar-refractivity contribution is -0.123.